The maximum Gasteiger partial charge on any atom is 0.340 e. The number of carbonyl (C=O) groups is 2. The Balaban J connectivity index is 1.92. The summed E-state index contributed by atoms with van der Waals surface area (Å²) in [6, 6.07) is 18.5. The highest BCUT2D eigenvalue weighted by atomic mass is 35.5. The highest BCUT2D eigenvalue weighted by Crippen LogP contribution is 2.39. The second-order valence-corrected chi connectivity index (χ2v) is 7.66. The van der Waals surface area contributed by atoms with Crippen molar-refractivity contribution in [3.8, 4) is 0 Å². The second-order valence-electron chi connectivity index (χ2n) is 6.81. The van der Waals surface area contributed by atoms with Gasteiger partial charge in [0.1, 0.15) is 0 Å². The van der Waals surface area contributed by atoms with Crippen molar-refractivity contribution in [1.82, 2.24) is 0 Å². The smallest absolute Gasteiger partial charge is 0.340 e. The van der Waals surface area contributed by atoms with Gasteiger partial charge in [-0.15, -0.1) is 0 Å². The van der Waals surface area contributed by atoms with Gasteiger partial charge in [0.2, 0.25) is 0 Å². The lowest BCUT2D eigenvalue weighted by Gasteiger charge is -2.20. The van der Waals surface area contributed by atoms with Gasteiger partial charge in [-0.2, -0.15) is 0 Å². The summed E-state index contributed by atoms with van der Waals surface area (Å²) >= 11 is 12.3. The number of hydrogen-bond acceptors (Lipinski definition) is 3. The van der Waals surface area contributed by atoms with Crippen molar-refractivity contribution in [2.24, 2.45) is 0 Å². The number of benzene rings is 3. The van der Waals surface area contributed by atoms with E-state index in [9.17, 15) is 9.59 Å². The molecule has 4 rings (SSSR count). The van der Waals surface area contributed by atoms with Gasteiger partial charge in [-0.25, -0.2) is 4.79 Å². The molecule has 3 aromatic rings. The van der Waals surface area contributed by atoms with Gasteiger partial charge in [-0.05, 0) is 42.1 Å². The molecule has 0 atom stereocenters. The molecular weight excluding hydrogens is 421 g/mol. The maximum atomic E-state index is 13.5. The lowest BCUT2D eigenvalue weighted by atomic mass is 10.0. The van der Waals surface area contributed by atoms with Crippen molar-refractivity contribution in [2.45, 2.75) is 6.92 Å². The van der Waals surface area contributed by atoms with Gasteiger partial charge >= 0.3 is 5.97 Å². The van der Waals surface area contributed by atoms with Crippen molar-refractivity contribution >= 4 is 57.6 Å². The van der Waals surface area contributed by atoms with Crippen LogP contribution in [0.15, 0.2) is 77.5 Å². The van der Waals surface area contributed by atoms with Crippen LogP contribution in [0.5, 0.6) is 0 Å². The molecule has 3 aromatic carbocycles. The number of hydrogen-bond donors (Lipinski definition) is 0. The van der Waals surface area contributed by atoms with Crippen LogP contribution in [-0.4, -0.2) is 19.0 Å². The van der Waals surface area contributed by atoms with Crippen LogP contribution in [0, 0.1) is 0 Å². The monoisotopic (exact) mass is 437 g/mol. The van der Waals surface area contributed by atoms with E-state index in [1.54, 1.807) is 36.1 Å². The second kappa shape index (κ2) is 7.98. The fraction of sp³-hybridized carbons (Fsp3) is 0.0833. The molecule has 1 aliphatic rings. The zero-order valence-electron chi connectivity index (χ0n) is 16.3. The predicted octanol–water partition coefficient (Wildman–Crippen LogP) is 6.02. The Morgan fingerprint density at radius 3 is 2.50 bits per heavy atom. The Morgan fingerprint density at radius 2 is 1.77 bits per heavy atom. The lowest BCUT2D eigenvalue weighted by Crippen LogP contribution is -2.24. The third-order valence-corrected chi connectivity index (χ3v) is 5.62. The molecule has 4 nitrogen and oxygen atoms in total. The minimum absolute atomic E-state index is 0.210. The minimum Gasteiger partial charge on any atom is -0.465 e. The van der Waals surface area contributed by atoms with Gasteiger partial charge in [-0.3, -0.25) is 9.69 Å². The molecule has 0 unspecified atom stereocenters. The zero-order valence-corrected chi connectivity index (χ0v) is 17.8. The standard InChI is InChI=1S/C24H17Cl2NO3/c1-14-22(24(29)30-2)19(12-16-10-11-17(25)13-20(16)26)23(28)27(14)21-9-5-7-15-6-3-4-8-18(15)21/h3-13H,1-2H3/b19-12-. The molecule has 6 heteroatoms. The summed E-state index contributed by atoms with van der Waals surface area (Å²) in [5.41, 5.74) is 2.21. The SMILES string of the molecule is COC(=O)C1=C(C)N(c2cccc3ccccc23)C(=O)/C1=C\c1ccc(Cl)cc1Cl. The molecule has 0 radical (unpaired) electrons. The van der Waals surface area contributed by atoms with Gasteiger partial charge in [0.15, 0.2) is 0 Å². The first-order valence-electron chi connectivity index (χ1n) is 9.21. The molecule has 0 aromatic heterocycles. The summed E-state index contributed by atoms with van der Waals surface area (Å²) < 4.78 is 4.97. The Morgan fingerprint density at radius 1 is 1.03 bits per heavy atom. The third kappa shape index (κ3) is 3.38. The molecule has 0 aliphatic carbocycles. The number of ether oxygens (including phenoxy) is 1. The molecule has 0 spiro atoms. The van der Waals surface area contributed by atoms with Crippen LogP contribution in [0.4, 0.5) is 5.69 Å². The van der Waals surface area contributed by atoms with Gasteiger partial charge in [0.25, 0.3) is 5.91 Å². The number of esters is 1. The van der Waals surface area contributed by atoms with E-state index in [1.165, 1.54) is 7.11 Å². The Hall–Kier alpha value is -3.08. The molecule has 0 N–H and O–H groups in total. The normalized spacial score (nSPS) is 15.4. The molecule has 0 saturated heterocycles. The first-order valence-corrected chi connectivity index (χ1v) is 9.96. The maximum absolute atomic E-state index is 13.5. The zero-order chi connectivity index (χ0) is 21.4. The summed E-state index contributed by atoms with van der Waals surface area (Å²) in [4.78, 5) is 27.7. The van der Waals surface area contributed by atoms with Crippen LogP contribution in [0.25, 0.3) is 16.8 Å². The van der Waals surface area contributed by atoms with Crippen molar-refractivity contribution in [3.05, 3.63) is 93.1 Å². The van der Waals surface area contributed by atoms with Crippen LogP contribution >= 0.6 is 23.2 Å². The fourth-order valence-electron chi connectivity index (χ4n) is 3.65. The fourth-order valence-corrected chi connectivity index (χ4v) is 4.11. The van der Waals surface area contributed by atoms with Crippen molar-refractivity contribution in [2.75, 3.05) is 12.0 Å². The number of nitrogens with zero attached hydrogens (tertiary/aromatic N) is 1. The molecular formula is C24H17Cl2NO3. The number of methoxy groups -OCH3 is 1. The van der Waals surface area contributed by atoms with E-state index in [-0.39, 0.29) is 17.1 Å². The third-order valence-electron chi connectivity index (χ3n) is 5.06. The highest BCUT2D eigenvalue weighted by molar-refractivity contribution is 6.36. The summed E-state index contributed by atoms with van der Waals surface area (Å²) in [7, 11) is 1.29. The largest absolute Gasteiger partial charge is 0.465 e. The van der Waals surface area contributed by atoms with E-state index in [0.29, 0.717) is 27.0 Å². The summed E-state index contributed by atoms with van der Waals surface area (Å²) in [6.45, 7) is 1.73. The molecule has 0 saturated carbocycles. The number of rotatable bonds is 3. The molecule has 30 heavy (non-hydrogen) atoms. The van der Waals surface area contributed by atoms with E-state index in [1.807, 2.05) is 42.5 Å². The Labute approximate surface area is 184 Å². The van der Waals surface area contributed by atoms with Crippen molar-refractivity contribution in [3.63, 3.8) is 0 Å². The number of anilines is 1. The lowest BCUT2D eigenvalue weighted by molar-refractivity contribution is -0.136. The number of allylic oxidation sites excluding steroid dienone is 1. The average Bonchev–Trinajstić information content (AvgIpc) is 2.98. The van der Waals surface area contributed by atoms with Crippen LogP contribution in [0.2, 0.25) is 10.0 Å². The summed E-state index contributed by atoms with van der Waals surface area (Å²) in [5.74, 6) is -0.907. The predicted molar refractivity (Wildman–Crippen MR) is 121 cm³/mol. The molecule has 1 heterocycles. The minimum atomic E-state index is -0.583. The van der Waals surface area contributed by atoms with E-state index in [0.717, 1.165) is 10.8 Å². The van der Waals surface area contributed by atoms with E-state index in [2.05, 4.69) is 0 Å². The number of fused-ring (bicyclic) bond motifs is 1. The molecule has 1 amide bonds. The first kappa shape index (κ1) is 20.2. The van der Waals surface area contributed by atoms with Gasteiger partial charge in [-0.1, -0.05) is 65.7 Å². The quantitative estimate of drug-likeness (QED) is 0.371. The van der Waals surface area contributed by atoms with Crippen molar-refractivity contribution < 1.29 is 14.3 Å². The summed E-state index contributed by atoms with van der Waals surface area (Å²) in [6.07, 6.45) is 1.60. The van der Waals surface area contributed by atoms with E-state index >= 15 is 0 Å². The molecule has 150 valence electrons. The van der Waals surface area contributed by atoms with Gasteiger partial charge in [0.05, 0.1) is 23.9 Å². The number of amides is 1. The molecule has 0 bridgehead atoms. The van der Waals surface area contributed by atoms with Crippen LogP contribution in [0.1, 0.15) is 12.5 Å². The van der Waals surface area contributed by atoms with Gasteiger partial charge in [0, 0.05) is 21.1 Å². The first-order chi connectivity index (χ1) is 14.4. The van der Waals surface area contributed by atoms with Crippen molar-refractivity contribution in [1.29, 1.82) is 0 Å². The Kier molecular flexibility index (Phi) is 5.37. The average molecular weight is 438 g/mol. The molecule has 0 fully saturated rings. The topological polar surface area (TPSA) is 46.6 Å². The van der Waals surface area contributed by atoms with E-state index < -0.39 is 5.97 Å². The number of halogens is 2. The van der Waals surface area contributed by atoms with Crippen LogP contribution < -0.4 is 4.90 Å². The van der Waals surface area contributed by atoms with E-state index in [4.69, 9.17) is 27.9 Å². The van der Waals surface area contributed by atoms with Crippen LogP contribution in [-0.2, 0) is 14.3 Å². The summed E-state index contributed by atoms with van der Waals surface area (Å²) in [5, 5.41) is 2.77. The van der Waals surface area contributed by atoms with Gasteiger partial charge < -0.3 is 4.74 Å². The molecule has 1 aliphatic heterocycles. The van der Waals surface area contributed by atoms with Crippen LogP contribution in [0.3, 0.4) is 0 Å². The Bertz CT molecular complexity index is 1260. The number of carbonyl (C=O) groups excluding carboxylic acids is 2. The highest BCUT2D eigenvalue weighted by Gasteiger charge is 2.38.